The summed E-state index contributed by atoms with van der Waals surface area (Å²) in [7, 11) is 1.52. The highest BCUT2D eigenvalue weighted by atomic mass is 35.5. The molecule has 0 aliphatic rings. The number of hydrogen-bond acceptors (Lipinski definition) is 4. The SMILES string of the molecule is COc1cc2cc(CCNC(=O)c3ccc(=O)[nH]c3)c(=O)[nH]c2cc1Cl. The molecule has 2 aromatic heterocycles. The number of rotatable bonds is 5. The summed E-state index contributed by atoms with van der Waals surface area (Å²) >= 11 is 6.07. The van der Waals surface area contributed by atoms with E-state index in [2.05, 4.69) is 15.3 Å². The van der Waals surface area contributed by atoms with E-state index in [1.165, 1.54) is 25.4 Å². The number of hydrogen-bond donors (Lipinski definition) is 3. The Hall–Kier alpha value is -3.06. The van der Waals surface area contributed by atoms with Gasteiger partial charge < -0.3 is 20.0 Å². The number of methoxy groups -OCH3 is 1. The number of H-pyrrole nitrogens is 2. The van der Waals surface area contributed by atoms with Gasteiger partial charge in [0.15, 0.2) is 0 Å². The molecule has 7 nitrogen and oxygen atoms in total. The first-order valence-corrected chi connectivity index (χ1v) is 8.22. The Balaban J connectivity index is 1.74. The lowest BCUT2D eigenvalue weighted by molar-refractivity contribution is 0.0953. The second-order valence-electron chi connectivity index (χ2n) is 5.65. The number of ether oxygens (including phenoxy) is 1. The number of benzene rings is 1. The molecular weight excluding hydrogens is 358 g/mol. The van der Waals surface area contributed by atoms with Crippen molar-refractivity contribution in [1.29, 1.82) is 0 Å². The zero-order valence-corrected chi connectivity index (χ0v) is 14.6. The summed E-state index contributed by atoms with van der Waals surface area (Å²) in [5, 5.41) is 3.91. The number of halogens is 1. The first-order chi connectivity index (χ1) is 12.5. The highest BCUT2D eigenvalue weighted by Gasteiger charge is 2.09. The Morgan fingerprint density at radius 2 is 2.04 bits per heavy atom. The molecule has 0 unspecified atom stereocenters. The summed E-state index contributed by atoms with van der Waals surface area (Å²) in [6.45, 7) is 0.275. The van der Waals surface area contributed by atoms with Crippen molar-refractivity contribution in [2.24, 2.45) is 0 Å². The van der Waals surface area contributed by atoms with Crippen LogP contribution >= 0.6 is 11.6 Å². The van der Waals surface area contributed by atoms with Crippen molar-refractivity contribution in [1.82, 2.24) is 15.3 Å². The third-order valence-corrected chi connectivity index (χ3v) is 4.22. The van der Waals surface area contributed by atoms with Gasteiger partial charge in [-0.3, -0.25) is 14.4 Å². The molecule has 0 fully saturated rings. The summed E-state index contributed by atoms with van der Waals surface area (Å²) in [6, 6.07) is 7.85. The Morgan fingerprint density at radius 3 is 2.73 bits per heavy atom. The van der Waals surface area contributed by atoms with Gasteiger partial charge in [-0.25, -0.2) is 0 Å². The van der Waals surface area contributed by atoms with Gasteiger partial charge in [-0.05, 0) is 30.7 Å². The number of fused-ring (bicyclic) bond motifs is 1. The number of pyridine rings is 2. The highest BCUT2D eigenvalue weighted by molar-refractivity contribution is 6.32. The number of aromatic nitrogens is 2. The number of nitrogens with one attached hydrogen (secondary N) is 3. The Morgan fingerprint density at radius 1 is 1.23 bits per heavy atom. The van der Waals surface area contributed by atoms with E-state index < -0.39 is 0 Å². The van der Waals surface area contributed by atoms with Gasteiger partial charge in [0.1, 0.15) is 5.75 Å². The van der Waals surface area contributed by atoms with Gasteiger partial charge >= 0.3 is 0 Å². The van der Waals surface area contributed by atoms with Crippen molar-refractivity contribution >= 4 is 28.4 Å². The van der Waals surface area contributed by atoms with Gasteiger partial charge in [0, 0.05) is 29.8 Å². The number of carbonyl (C=O) groups is 1. The van der Waals surface area contributed by atoms with E-state index >= 15 is 0 Å². The molecule has 0 bridgehead atoms. The summed E-state index contributed by atoms with van der Waals surface area (Å²) in [4.78, 5) is 40.4. The van der Waals surface area contributed by atoms with E-state index in [4.69, 9.17) is 16.3 Å². The Bertz CT molecular complexity index is 1070. The van der Waals surface area contributed by atoms with Gasteiger partial charge in [0.25, 0.3) is 11.5 Å². The minimum Gasteiger partial charge on any atom is -0.495 e. The quantitative estimate of drug-likeness (QED) is 0.634. The maximum Gasteiger partial charge on any atom is 0.252 e. The Labute approximate surface area is 153 Å². The lowest BCUT2D eigenvalue weighted by Gasteiger charge is -2.08. The van der Waals surface area contributed by atoms with Crippen LogP contribution in [0.4, 0.5) is 0 Å². The van der Waals surface area contributed by atoms with E-state index in [1.54, 1.807) is 18.2 Å². The van der Waals surface area contributed by atoms with E-state index in [-0.39, 0.29) is 23.6 Å². The molecule has 3 N–H and O–H groups in total. The third kappa shape index (κ3) is 3.78. The molecule has 0 aliphatic carbocycles. The molecule has 1 aromatic carbocycles. The third-order valence-electron chi connectivity index (χ3n) is 3.92. The van der Waals surface area contributed by atoms with Crippen molar-refractivity contribution < 1.29 is 9.53 Å². The van der Waals surface area contributed by atoms with Crippen LogP contribution in [-0.4, -0.2) is 29.5 Å². The molecular formula is C18H16ClN3O4. The van der Waals surface area contributed by atoms with Crippen LogP contribution < -0.4 is 21.2 Å². The zero-order valence-electron chi connectivity index (χ0n) is 13.9. The predicted octanol–water partition coefficient (Wildman–Crippen LogP) is 1.85. The standard InChI is InChI=1S/C18H16ClN3O4/c1-26-15-7-12-6-10(18(25)22-14(12)8-13(15)19)4-5-20-17(24)11-2-3-16(23)21-9-11/h2-3,6-9H,4-5H2,1H3,(H,20,24)(H,21,23)(H,22,25). The first-order valence-electron chi connectivity index (χ1n) is 7.84. The average Bonchev–Trinajstić information content (AvgIpc) is 2.62. The second kappa shape index (κ2) is 7.45. The van der Waals surface area contributed by atoms with E-state index in [1.807, 2.05) is 0 Å². The fourth-order valence-corrected chi connectivity index (χ4v) is 2.80. The molecule has 0 aliphatic heterocycles. The molecule has 134 valence electrons. The molecule has 26 heavy (non-hydrogen) atoms. The van der Waals surface area contributed by atoms with Gasteiger partial charge in [0.2, 0.25) is 5.56 Å². The van der Waals surface area contributed by atoms with E-state index in [9.17, 15) is 14.4 Å². The smallest absolute Gasteiger partial charge is 0.252 e. The van der Waals surface area contributed by atoms with Crippen molar-refractivity contribution in [2.45, 2.75) is 6.42 Å². The number of amides is 1. The largest absolute Gasteiger partial charge is 0.495 e. The van der Waals surface area contributed by atoms with Gasteiger partial charge in [-0.2, -0.15) is 0 Å². The fourth-order valence-electron chi connectivity index (χ4n) is 2.56. The lowest BCUT2D eigenvalue weighted by atomic mass is 10.1. The van der Waals surface area contributed by atoms with Crippen molar-refractivity contribution in [3.8, 4) is 5.75 Å². The first kappa shape index (κ1) is 17.8. The molecule has 8 heteroatoms. The van der Waals surface area contributed by atoms with Crippen molar-refractivity contribution in [3.05, 3.63) is 73.4 Å². The minimum absolute atomic E-state index is 0.239. The van der Waals surface area contributed by atoms with Gasteiger partial charge in [-0.15, -0.1) is 0 Å². The van der Waals surface area contributed by atoms with Crippen molar-refractivity contribution in [3.63, 3.8) is 0 Å². The molecule has 0 radical (unpaired) electrons. The van der Waals surface area contributed by atoms with Gasteiger partial charge in [-0.1, -0.05) is 11.6 Å². The van der Waals surface area contributed by atoms with Crippen LogP contribution in [0.2, 0.25) is 5.02 Å². The summed E-state index contributed by atoms with van der Waals surface area (Å²) in [5.41, 5.74) is 0.971. The van der Waals surface area contributed by atoms with Crippen LogP contribution in [0.5, 0.6) is 5.75 Å². The summed E-state index contributed by atoms with van der Waals surface area (Å²) in [5.74, 6) is 0.190. The van der Waals surface area contributed by atoms with Crippen LogP contribution in [0.25, 0.3) is 10.9 Å². The van der Waals surface area contributed by atoms with E-state index in [0.717, 1.165) is 5.39 Å². The maximum atomic E-state index is 12.2. The molecule has 0 atom stereocenters. The molecule has 0 saturated heterocycles. The van der Waals surface area contributed by atoms with E-state index in [0.29, 0.717) is 33.8 Å². The lowest BCUT2D eigenvalue weighted by Crippen LogP contribution is -2.28. The number of carbonyl (C=O) groups excluding carboxylic acids is 1. The molecule has 1 amide bonds. The fraction of sp³-hybridized carbons (Fsp3) is 0.167. The van der Waals surface area contributed by atoms with Crippen LogP contribution in [0.3, 0.4) is 0 Å². The number of aromatic amines is 2. The van der Waals surface area contributed by atoms with Crippen molar-refractivity contribution in [2.75, 3.05) is 13.7 Å². The average molecular weight is 374 g/mol. The Kier molecular flexibility index (Phi) is 5.09. The molecule has 3 aromatic rings. The maximum absolute atomic E-state index is 12.2. The molecule has 2 heterocycles. The zero-order chi connectivity index (χ0) is 18.7. The molecule has 0 spiro atoms. The predicted molar refractivity (Wildman–Crippen MR) is 99.2 cm³/mol. The minimum atomic E-state index is -0.327. The molecule has 0 saturated carbocycles. The summed E-state index contributed by atoms with van der Waals surface area (Å²) in [6.07, 6.45) is 1.70. The van der Waals surface area contributed by atoms with Gasteiger partial charge in [0.05, 0.1) is 23.2 Å². The van der Waals surface area contributed by atoms with Crippen LogP contribution in [-0.2, 0) is 6.42 Å². The summed E-state index contributed by atoms with van der Waals surface area (Å²) < 4.78 is 5.19. The normalized spacial score (nSPS) is 10.7. The highest BCUT2D eigenvalue weighted by Crippen LogP contribution is 2.28. The van der Waals surface area contributed by atoms with Crippen LogP contribution in [0, 0.1) is 0 Å². The molecule has 3 rings (SSSR count). The topological polar surface area (TPSA) is 104 Å². The monoisotopic (exact) mass is 373 g/mol. The second-order valence-corrected chi connectivity index (χ2v) is 6.05. The van der Waals surface area contributed by atoms with Crippen LogP contribution in [0.1, 0.15) is 15.9 Å². The van der Waals surface area contributed by atoms with Crippen LogP contribution in [0.15, 0.2) is 46.1 Å².